The van der Waals surface area contributed by atoms with Crippen LogP contribution in [0.5, 0.6) is 0 Å². The summed E-state index contributed by atoms with van der Waals surface area (Å²) in [7, 11) is 0. The lowest BCUT2D eigenvalue weighted by Gasteiger charge is -2.18. The minimum atomic E-state index is -0.776. The molecule has 71 heavy (non-hydrogen) atoms. The van der Waals surface area contributed by atoms with E-state index in [-0.39, 0.29) is 31.1 Å². The minimum absolute atomic E-state index is 0.0726. The molecule has 6 heteroatoms. The lowest BCUT2D eigenvalue weighted by atomic mass is 10.0. The Bertz CT molecular complexity index is 1190. The fourth-order valence-corrected chi connectivity index (χ4v) is 9.35. The second-order valence-electron chi connectivity index (χ2n) is 21.3. The second kappa shape index (κ2) is 60.2. The number of rotatable bonds is 58. The van der Waals surface area contributed by atoms with Gasteiger partial charge in [-0.1, -0.05) is 282 Å². The monoisotopic (exact) mass is 997 g/mol. The first-order valence-electron chi connectivity index (χ1n) is 31.5. The summed E-state index contributed by atoms with van der Waals surface area (Å²) in [5.41, 5.74) is 0. The van der Waals surface area contributed by atoms with Crippen molar-refractivity contribution in [2.24, 2.45) is 0 Å². The maximum Gasteiger partial charge on any atom is 0.306 e. The molecule has 0 saturated heterocycles. The third kappa shape index (κ3) is 58.4. The summed E-state index contributed by atoms with van der Waals surface area (Å²) >= 11 is 0. The Morgan fingerprint density at radius 1 is 0.282 bits per heavy atom. The van der Waals surface area contributed by atoms with Gasteiger partial charge in [0.1, 0.15) is 13.2 Å². The quantitative estimate of drug-likeness (QED) is 0.0261. The van der Waals surface area contributed by atoms with Crippen LogP contribution in [0, 0.1) is 0 Å². The molecule has 0 rings (SSSR count). The van der Waals surface area contributed by atoms with Gasteiger partial charge in [0.05, 0.1) is 0 Å². The molecule has 0 bridgehead atoms. The number of carbonyl (C=O) groups is 3. The van der Waals surface area contributed by atoms with E-state index in [2.05, 4.69) is 57.2 Å². The summed E-state index contributed by atoms with van der Waals surface area (Å²) in [6.45, 7) is 6.65. The molecule has 416 valence electrons. The first kappa shape index (κ1) is 68.6. The Kier molecular flexibility index (Phi) is 58.2. The molecule has 1 atom stereocenters. The molecule has 0 aromatic heterocycles. The third-order valence-electron chi connectivity index (χ3n) is 14.1. The van der Waals surface area contributed by atoms with Crippen molar-refractivity contribution < 1.29 is 28.6 Å². The van der Waals surface area contributed by atoms with Crippen molar-refractivity contribution in [3.8, 4) is 0 Å². The Labute approximate surface area is 442 Å². The van der Waals surface area contributed by atoms with Crippen LogP contribution in [-0.4, -0.2) is 37.2 Å². The van der Waals surface area contributed by atoms with Crippen LogP contribution in [0.3, 0.4) is 0 Å². The molecule has 0 unspecified atom stereocenters. The second-order valence-corrected chi connectivity index (χ2v) is 21.3. The van der Waals surface area contributed by atoms with Crippen molar-refractivity contribution >= 4 is 17.9 Å². The molecule has 0 heterocycles. The lowest BCUT2D eigenvalue weighted by molar-refractivity contribution is -0.167. The normalized spacial score (nSPS) is 12.2. The summed E-state index contributed by atoms with van der Waals surface area (Å²) in [5, 5.41) is 0. The van der Waals surface area contributed by atoms with Crippen molar-refractivity contribution in [2.75, 3.05) is 13.2 Å². The average Bonchev–Trinajstić information content (AvgIpc) is 3.37. The lowest BCUT2D eigenvalue weighted by Crippen LogP contribution is -2.30. The number of allylic oxidation sites excluding steroid dienone is 6. The smallest absolute Gasteiger partial charge is 0.306 e. The Hall–Kier alpha value is -2.37. The van der Waals surface area contributed by atoms with E-state index in [1.54, 1.807) is 0 Å². The van der Waals surface area contributed by atoms with Gasteiger partial charge in [-0.3, -0.25) is 14.4 Å². The van der Waals surface area contributed by atoms with Gasteiger partial charge in [-0.05, 0) is 77.0 Å². The molecule has 0 spiro atoms. The van der Waals surface area contributed by atoms with Gasteiger partial charge in [-0.2, -0.15) is 0 Å². The van der Waals surface area contributed by atoms with Gasteiger partial charge in [-0.25, -0.2) is 0 Å². The highest BCUT2D eigenvalue weighted by molar-refractivity contribution is 5.71. The highest BCUT2D eigenvalue weighted by Crippen LogP contribution is 2.17. The molecule has 0 N–H and O–H groups in total. The molecule has 0 aromatic rings. The molecule has 0 radical (unpaired) electrons. The van der Waals surface area contributed by atoms with Crippen LogP contribution in [0.15, 0.2) is 36.5 Å². The summed E-state index contributed by atoms with van der Waals surface area (Å²) in [6.07, 6.45) is 72.9. The van der Waals surface area contributed by atoms with Crippen LogP contribution in [-0.2, 0) is 28.6 Å². The zero-order valence-electron chi connectivity index (χ0n) is 47.8. The average molecular weight is 998 g/mol. The summed E-state index contributed by atoms with van der Waals surface area (Å²) < 4.78 is 16.9. The van der Waals surface area contributed by atoms with Crippen molar-refractivity contribution in [1.29, 1.82) is 0 Å². The van der Waals surface area contributed by atoms with E-state index in [1.165, 1.54) is 231 Å². The number of ether oxygens (including phenoxy) is 3. The molecule has 0 aliphatic heterocycles. The van der Waals surface area contributed by atoms with E-state index in [9.17, 15) is 14.4 Å². The molecule has 0 aliphatic rings. The van der Waals surface area contributed by atoms with Crippen LogP contribution in [0.25, 0.3) is 0 Å². The number of unbranched alkanes of at least 4 members (excludes halogenated alkanes) is 41. The molecular formula is C65H120O6. The molecule has 0 saturated carbocycles. The Morgan fingerprint density at radius 2 is 0.507 bits per heavy atom. The fraction of sp³-hybridized carbons (Fsp3) is 0.862. The predicted molar refractivity (Wildman–Crippen MR) is 307 cm³/mol. The topological polar surface area (TPSA) is 78.9 Å². The first-order chi connectivity index (χ1) is 35.0. The van der Waals surface area contributed by atoms with Crippen LogP contribution in [0.2, 0.25) is 0 Å². The predicted octanol–water partition coefficient (Wildman–Crippen LogP) is 21.2. The van der Waals surface area contributed by atoms with Gasteiger partial charge in [0, 0.05) is 19.3 Å². The SMILES string of the molecule is CCCCC/C=C\C/C=C\CCCCCCCCCCCC(=O)OC[C@H](COC(=O)CCCCCCCCCCCCCCCCCCCCCCC)OC(=O)CCCCCCC/C=C\CCCCCC. The molecule has 6 nitrogen and oxygen atoms in total. The van der Waals surface area contributed by atoms with Crippen LogP contribution in [0.4, 0.5) is 0 Å². The van der Waals surface area contributed by atoms with Crippen molar-refractivity contribution in [1.82, 2.24) is 0 Å². The van der Waals surface area contributed by atoms with Crippen LogP contribution in [0.1, 0.15) is 342 Å². The van der Waals surface area contributed by atoms with Crippen molar-refractivity contribution in [2.45, 2.75) is 348 Å². The Morgan fingerprint density at radius 3 is 0.831 bits per heavy atom. The Balaban J connectivity index is 4.28. The van der Waals surface area contributed by atoms with E-state index in [0.717, 1.165) is 70.6 Å². The van der Waals surface area contributed by atoms with Gasteiger partial charge in [0.25, 0.3) is 0 Å². The molecule has 0 amide bonds. The van der Waals surface area contributed by atoms with Crippen molar-refractivity contribution in [3.63, 3.8) is 0 Å². The summed E-state index contributed by atoms with van der Waals surface area (Å²) in [4.78, 5) is 38.2. The van der Waals surface area contributed by atoms with Gasteiger partial charge >= 0.3 is 17.9 Å². The van der Waals surface area contributed by atoms with Crippen molar-refractivity contribution in [3.05, 3.63) is 36.5 Å². The largest absolute Gasteiger partial charge is 0.462 e. The summed E-state index contributed by atoms with van der Waals surface area (Å²) in [6, 6.07) is 0. The molecule has 0 aromatic carbocycles. The van der Waals surface area contributed by atoms with E-state index in [4.69, 9.17) is 14.2 Å². The zero-order chi connectivity index (χ0) is 51.4. The third-order valence-corrected chi connectivity index (χ3v) is 14.1. The zero-order valence-corrected chi connectivity index (χ0v) is 47.8. The van der Waals surface area contributed by atoms with E-state index >= 15 is 0 Å². The summed E-state index contributed by atoms with van der Waals surface area (Å²) in [5.74, 6) is -0.864. The number of hydrogen-bond donors (Lipinski definition) is 0. The van der Waals surface area contributed by atoms with Gasteiger partial charge in [0.15, 0.2) is 6.10 Å². The van der Waals surface area contributed by atoms with Crippen LogP contribution < -0.4 is 0 Å². The minimum Gasteiger partial charge on any atom is -0.462 e. The number of esters is 3. The number of carbonyl (C=O) groups excluding carboxylic acids is 3. The van der Waals surface area contributed by atoms with Gasteiger partial charge in [-0.15, -0.1) is 0 Å². The van der Waals surface area contributed by atoms with E-state index in [0.29, 0.717) is 19.3 Å². The first-order valence-corrected chi connectivity index (χ1v) is 31.5. The van der Waals surface area contributed by atoms with E-state index in [1.807, 2.05) is 0 Å². The molecular weight excluding hydrogens is 877 g/mol. The highest BCUT2D eigenvalue weighted by atomic mass is 16.6. The van der Waals surface area contributed by atoms with Gasteiger partial charge < -0.3 is 14.2 Å². The maximum absolute atomic E-state index is 12.9. The van der Waals surface area contributed by atoms with E-state index < -0.39 is 6.10 Å². The van der Waals surface area contributed by atoms with Gasteiger partial charge in [0.2, 0.25) is 0 Å². The fourth-order valence-electron chi connectivity index (χ4n) is 9.35. The van der Waals surface area contributed by atoms with Crippen LogP contribution >= 0.6 is 0 Å². The molecule has 0 aliphatic carbocycles. The molecule has 0 fully saturated rings. The standard InChI is InChI=1S/C65H120O6/c1-4-7-10-13-16-19-22-25-27-29-31-32-34-36-38-41-43-46-49-52-55-58-64(67)70-61-62(71-65(68)59-56-53-50-47-44-39-24-21-18-15-12-9-6-3)60-69-63(66)57-54-51-48-45-42-40-37-35-33-30-28-26-23-20-17-14-11-8-5-2/h17,20-21,24,26,28,62H,4-16,18-19,22-23,25,27,29-61H2,1-3H3/b20-17-,24-21-,28-26-/t62-/m1/s1. The number of hydrogen-bond acceptors (Lipinski definition) is 6. The highest BCUT2D eigenvalue weighted by Gasteiger charge is 2.19. The maximum atomic E-state index is 12.9.